The molecule has 0 heterocycles. The van der Waals surface area contributed by atoms with Crippen LogP contribution in [0.4, 0.5) is 0 Å². The molecular formula is C15H30O2. The van der Waals surface area contributed by atoms with E-state index >= 15 is 0 Å². The predicted molar refractivity (Wildman–Crippen MR) is 72.2 cm³/mol. The van der Waals surface area contributed by atoms with E-state index in [0.717, 1.165) is 25.2 Å². The number of hydrogen-bond acceptors (Lipinski definition) is 2. The topological polar surface area (TPSA) is 18.5 Å². The van der Waals surface area contributed by atoms with Crippen LogP contribution in [-0.2, 0) is 9.47 Å². The van der Waals surface area contributed by atoms with Crippen molar-refractivity contribution >= 4 is 0 Å². The summed E-state index contributed by atoms with van der Waals surface area (Å²) in [5.41, 5.74) is 0.0665. The molecule has 0 aromatic rings. The van der Waals surface area contributed by atoms with Crippen molar-refractivity contribution in [2.24, 2.45) is 11.8 Å². The Hall–Kier alpha value is -0.0800. The van der Waals surface area contributed by atoms with E-state index < -0.39 is 0 Å². The van der Waals surface area contributed by atoms with E-state index in [0.29, 0.717) is 12.0 Å². The van der Waals surface area contributed by atoms with Crippen molar-refractivity contribution < 1.29 is 9.47 Å². The predicted octanol–water partition coefficient (Wildman–Crippen LogP) is 4.03. The van der Waals surface area contributed by atoms with Crippen LogP contribution in [0.25, 0.3) is 0 Å². The molecule has 1 saturated carbocycles. The quantitative estimate of drug-likeness (QED) is 0.700. The van der Waals surface area contributed by atoms with Gasteiger partial charge < -0.3 is 9.47 Å². The summed E-state index contributed by atoms with van der Waals surface area (Å²) in [6.07, 6.45) is 7.76. The van der Waals surface area contributed by atoms with Crippen LogP contribution in [0.15, 0.2) is 0 Å². The number of rotatable bonds is 6. The largest absolute Gasteiger partial charge is 0.381 e. The molecule has 4 atom stereocenters. The zero-order valence-corrected chi connectivity index (χ0v) is 12.3. The van der Waals surface area contributed by atoms with Gasteiger partial charge in [0.2, 0.25) is 0 Å². The molecule has 0 aromatic heterocycles. The summed E-state index contributed by atoms with van der Waals surface area (Å²) in [6.45, 7) is 6.92. The highest BCUT2D eigenvalue weighted by Gasteiger charge is 2.40. The van der Waals surface area contributed by atoms with E-state index in [4.69, 9.17) is 9.47 Å². The molecule has 4 unspecified atom stereocenters. The molecule has 102 valence electrons. The summed E-state index contributed by atoms with van der Waals surface area (Å²) in [4.78, 5) is 0. The average molecular weight is 242 g/mol. The summed E-state index contributed by atoms with van der Waals surface area (Å²) in [7, 11) is 3.71. The second-order valence-corrected chi connectivity index (χ2v) is 5.98. The third-order valence-corrected chi connectivity index (χ3v) is 4.64. The van der Waals surface area contributed by atoms with Crippen LogP contribution in [0, 0.1) is 11.8 Å². The highest BCUT2D eigenvalue weighted by atomic mass is 16.5. The lowest BCUT2D eigenvalue weighted by Gasteiger charge is -2.44. The lowest BCUT2D eigenvalue weighted by molar-refractivity contribution is -0.107. The van der Waals surface area contributed by atoms with Gasteiger partial charge in [-0.25, -0.2) is 0 Å². The van der Waals surface area contributed by atoms with E-state index in [1.54, 1.807) is 0 Å². The number of ether oxygens (including phenoxy) is 2. The summed E-state index contributed by atoms with van der Waals surface area (Å²) in [5.74, 6) is 1.45. The normalized spacial score (nSPS) is 35.8. The van der Waals surface area contributed by atoms with Crippen molar-refractivity contribution in [3.8, 4) is 0 Å². The smallest absolute Gasteiger partial charge is 0.0680 e. The maximum Gasteiger partial charge on any atom is 0.0680 e. The van der Waals surface area contributed by atoms with Crippen LogP contribution in [0.3, 0.4) is 0 Å². The first kappa shape index (κ1) is 15.0. The van der Waals surface area contributed by atoms with Crippen molar-refractivity contribution in [2.75, 3.05) is 14.2 Å². The molecule has 1 rings (SSSR count). The molecule has 0 aliphatic heterocycles. The summed E-state index contributed by atoms with van der Waals surface area (Å²) in [5, 5.41) is 0. The molecule has 0 radical (unpaired) electrons. The molecule has 0 aromatic carbocycles. The van der Waals surface area contributed by atoms with Gasteiger partial charge in [0.05, 0.1) is 11.7 Å². The fourth-order valence-electron chi connectivity index (χ4n) is 3.26. The fraction of sp³-hybridized carbons (Fsp3) is 1.00. The van der Waals surface area contributed by atoms with Crippen molar-refractivity contribution in [3.63, 3.8) is 0 Å². The maximum atomic E-state index is 5.81. The van der Waals surface area contributed by atoms with Crippen molar-refractivity contribution in [2.45, 2.75) is 71.0 Å². The van der Waals surface area contributed by atoms with Gasteiger partial charge in [0.15, 0.2) is 0 Å². The molecule has 0 saturated heterocycles. The highest BCUT2D eigenvalue weighted by Crippen LogP contribution is 2.41. The Labute approximate surface area is 107 Å². The molecule has 0 bridgehead atoms. The molecular weight excluding hydrogens is 212 g/mol. The van der Waals surface area contributed by atoms with Crippen molar-refractivity contribution in [1.29, 1.82) is 0 Å². The van der Waals surface area contributed by atoms with Gasteiger partial charge in [-0.3, -0.25) is 0 Å². The fourth-order valence-corrected chi connectivity index (χ4v) is 3.26. The molecule has 1 aliphatic rings. The van der Waals surface area contributed by atoms with E-state index in [-0.39, 0.29) is 5.60 Å². The van der Waals surface area contributed by atoms with Gasteiger partial charge in [0, 0.05) is 14.2 Å². The van der Waals surface area contributed by atoms with E-state index in [9.17, 15) is 0 Å². The van der Waals surface area contributed by atoms with Gasteiger partial charge >= 0.3 is 0 Å². The number of hydrogen-bond donors (Lipinski definition) is 0. The van der Waals surface area contributed by atoms with Crippen molar-refractivity contribution in [1.82, 2.24) is 0 Å². The Balaban J connectivity index is 2.61. The Morgan fingerprint density at radius 1 is 1.35 bits per heavy atom. The first-order valence-electron chi connectivity index (χ1n) is 7.13. The first-order valence-corrected chi connectivity index (χ1v) is 7.13. The molecule has 0 spiro atoms. The summed E-state index contributed by atoms with van der Waals surface area (Å²) < 4.78 is 11.4. The zero-order valence-electron chi connectivity index (χ0n) is 12.3. The van der Waals surface area contributed by atoms with Crippen LogP contribution >= 0.6 is 0 Å². The molecule has 2 heteroatoms. The van der Waals surface area contributed by atoms with Crippen LogP contribution in [0.5, 0.6) is 0 Å². The van der Waals surface area contributed by atoms with Gasteiger partial charge in [0.25, 0.3) is 0 Å². The second kappa shape index (κ2) is 6.75. The van der Waals surface area contributed by atoms with Gasteiger partial charge in [-0.05, 0) is 44.4 Å². The van der Waals surface area contributed by atoms with Crippen molar-refractivity contribution in [3.05, 3.63) is 0 Å². The molecule has 0 amide bonds. The zero-order chi connectivity index (χ0) is 12.9. The monoisotopic (exact) mass is 242 g/mol. The van der Waals surface area contributed by atoms with Crippen LogP contribution in [0.1, 0.15) is 59.3 Å². The first-order chi connectivity index (χ1) is 8.05. The Kier molecular flexibility index (Phi) is 5.94. The SMILES string of the molecule is CCCC(C)CC1CC(OC)CCC1(C)OC. The molecule has 17 heavy (non-hydrogen) atoms. The standard InChI is InChI=1S/C15H30O2/c1-6-7-12(2)10-13-11-14(16-4)8-9-15(13,3)17-5/h12-14H,6-11H2,1-5H3. The van der Waals surface area contributed by atoms with E-state index in [2.05, 4.69) is 20.8 Å². The minimum atomic E-state index is 0.0665. The minimum Gasteiger partial charge on any atom is -0.381 e. The Bertz CT molecular complexity index is 217. The Morgan fingerprint density at radius 2 is 2.06 bits per heavy atom. The van der Waals surface area contributed by atoms with Gasteiger partial charge in [-0.2, -0.15) is 0 Å². The summed E-state index contributed by atoms with van der Waals surface area (Å²) in [6, 6.07) is 0. The van der Waals surface area contributed by atoms with Crippen LogP contribution < -0.4 is 0 Å². The van der Waals surface area contributed by atoms with E-state index in [1.165, 1.54) is 19.3 Å². The molecule has 0 N–H and O–H groups in total. The molecule has 1 fully saturated rings. The highest BCUT2D eigenvalue weighted by molar-refractivity contribution is 4.91. The lowest BCUT2D eigenvalue weighted by Crippen LogP contribution is -2.44. The summed E-state index contributed by atoms with van der Waals surface area (Å²) >= 11 is 0. The third-order valence-electron chi connectivity index (χ3n) is 4.64. The van der Waals surface area contributed by atoms with Crippen LogP contribution in [-0.4, -0.2) is 25.9 Å². The Morgan fingerprint density at radius 3 is 2.59 bits per heavy atom. The average Bonchev–Trinajstić information content (AvgIpc) is 2.32. The molecule has 2 nitrogen and oxygen atoms in total. The third kappa shape index (κ3) is 3.96. The minimum absolute atomic E-state index is 0.0665. The number of methoxy groups -OCH3 is 2. The van der Waals surface area contributed by atoms with Gasteiger partial charge in [0.1, 0.15) is 0 Å². The second-order valence-electron chi connectivity index (χ2n) is 5.98. The van der Waals surface area contributed by atoms with Crippen LogP contribution in [0.2, 0.25) is 0 Å². The van der Waals surface area contributed by atoms with E-state index in [1.807, 2.05) is 14.2 Å². The molecule has 1 aliphatic carbocycles. The maximum absolute atomic E-state index is 5.81. The lowest BCUT2D eigenvalue weighted by atomic mass is 9.71. The van der Waals surface area contributed by atoms with Gasteiger partial charge in [-0.1, -0.05) is 26.7 Å². The van der Waals surface area contributed by atoms with Gasteiger partial charge in [-0.15, -0.1) is 0 Å².